The number of imidazole rings is 1. The number of hydrogen-bond donors (Lipinski definition) is 1. The first-order chi connectivity index (χ1) is 10.3. The van der Waals surface area contributed by atoms with Crippen molar-refractivity contribution in [2.45, 2.75) is 6.54 Å². The Balaban J connectivity index is 1.63. The Labute approximate surface area is 121 Å². The predicted octanol–water partition coefficient (Wildman–Crippen LogP) is 1.58. The van der Waals surface area contributed by atoms with Crippen molar-refractivity contribution in [1.29, 1.82) is 0 Å². The summed E-state index contributed by atoms with van der Waals surface area (Å²) in [5.41, 5.74) is 5.16. The number of carbonyl (C=O) groups is 1. The maximum absolute atomic E-state index is 11.9. The highest BCUT2D eigenvalue weighted by molar-refractivity contribution is 5.83. The van der Waals surface area contributed by atoms with Gasteiger partial charge in [0.2, 0.25) is 0 Å². The largest absolute Gasteiger partial charge is 0.321 e. The van der Waals surface area contributed by atoms with Crippen LogP contribution < -0.4 is 5.43 Å². The van der Waals surface area contributed by atoms with E-state index in [4.69, 9.17) is 0 Å². The second-order valence-corrected chi connectivity index (χ2v) is 4.43. The van der Waals surface area contributed by atoms with Crippen molar-refractivity contribution in [2.75, 3.05) is 0 Å². The summed E-state index contributed by atoms with van der Waals surface area (Å²) < 4.78 is 1.78. The molecular formula is C15H13N5O. The summed E-state index contributed by atoms with van der Waals surface area (Å²) in [6.07, 6.45) is 6.56. The molecule has 0 bridgehead atoms. The van der Waals surface area contributed by atoms with Crippen molar-refractivity contribution in [2.24, 2.45) is 5.10 Å². The van der Waals surface area contributed by atoms with Gasteiger partial charge in [-0.25, -0.2) is 10.4 Å². The third-order valence-electron chi connectivity index (χ3n) is 2.95. The second kappa shape index (κ2) is 5.96. The van der Waals surface area contributed by atoms with E-state index in [9.17, 15) is 4.79 Å². The van der Waals surface area contributed by atoms with E-state index in [2.05, 4.69) is 20.5 Å². The monoisotopic (exact) mass is 279 g/mol. The molecule has 3 rings (SSSR count). The molecule has 1 amide bonds. The van der Waals surface area contributed by atoms with Gasteiger partial charge in [0.15, 0.2) is 0 Å². The van der Waals surface area contributed by atoms with Crippen LogP contribution in [0, 0.1) is 0 Å². The Bertz CT molecular complexity index is 779. The number of fused-ring (bicyclic) bond motifs is 1. The third-order valence-corrected chi connectivity index (χ3v) is 2.95. The molecule has 0 unspecified atom stereocenters. The normalized spacial score (nSPS) is 11.0. The molecule has 0 aliphatic heterocycles. The highest BCUT2D eigenvalue weighted by Gasteiger charge is 2.05. The lowest BCUT2D eigenvalue weighted by Crippen LogP contribution is -2.22. The fraction of sp³-hybridized carbons (Fsp3) is 0.0667. The number of carbonyl (C=O) groups excluding carboxylic acids is 1. The number of pyridine rings is 1. The Morgan fingerprint density at radius 1 is 1.24 bits per heavy atom. The van der Waals surface area contributed by atoms with E-state index in [1.165, 1.54) is 0 Å². The Morgan fingerprint density at radius 3 is 2.90 bits per heavy atom. The Kier molecular flexibility index (Phi) is 3.68. The second-order valence-electron chi connectivity index (χ2n) is 4.43. The lowest BCUT2D eigenvalue weighted by molar-refractivity contribution is -0.121. The van der Waals surface area contributed by atoms with Crippen molar-refractivity contribution in [1.82, 2.24) is 20.0 Å². The molecule has 1 aromatic carbocycles. The molecule has 0 atom stereocenters. The van der Waals surface area contributed by atoms with Crippen molar-refractivity contribution in [3.05, 3.63) is 60.7 Å². The lowest BCUT2D eigenvalue weighted by atomic mass is 10.3. The van der Waals surface area contributed by atoms with Crippen LogP contribution in [0.5, 0.6) is 0 Å². The van der Waals surface area contributed by atoms with E-state index in [1.54, 1.807) is 41.6 Å². The fourth-order valence-electron chi connectivity index (χ4n) is 1.95. The Hall–Kier alpha value is -3.02. The summed E-state index contributed by atoms with van der Waals surface area (Å²) in [6, 6.07) is 11.3. The Morgan fingerprint density at radius 2 is 2.05 bits per heavy atom. The first-order valence-corrected chi connectivity index (χ1v) is 6.45. The highest BCUT2D eigenvalue weighted by atomic mass is 16.2. The van der Waals surface area contributed by atoms with E-state index in [-0.39, 0.29) is 12.5 Å². The number of hydrazone groups is 1. The predicted molar refractivity (Wildman–Crippen MR) is 79.7 cm³/mol. The van der Waals surface area contributed by atoms with Gasteiger partial charge in [-0.2, -0.15) is 5.10 Å². The van der Waals surface area contributed by atoms with Gasteiger partial charge < -0.3 is 4.57 Å². The van der Waals surface area contributed by atoms with Crippen LogP contribution in [0.15, 0.2) is 60.2 Å². The zero-order valence-corrected chi connectivity index (χ0v) is 11.2. The molecule has 6 nitrogen and oxygen atoms in total. The number of amides is 1. The van der Waals surface area contributed by atoms with Crippen molar-refractivity contribution < 1.29 is 4.79 Å². The molecule has 6 heteroatoms. The van der Waals surface area contributed by atoms with E-state index in [1.807, 2.05) is 24.3 Å². The van der Waals surface area contributed by atoms with Crippen LogP contribution in [0.2, 0.25) is 0 Å². The average molecular weight is 279 g/mol. The van der Waals surface area contributed by atoms with Crippen molar-refractivity contribution in [3.8, 4) is 0 Å². The first-order valence-electron chi connectivity index (χ1n) is 6.45. The van der Waals surface area contributed by atoms with Crippen LogP contribution in [0.4, 0.5) is 0 Å². The van der Waals surface area contributed by atoms with Gasteiger partial charge in [0.05, 0.1) is 23.6 Å². The molecule has 0 saturated heterocycles. The maximum atomic E-state index is 11.9. The van der Waals surface area contributed by atoms with E-state index in [0.29, 0.717) is 0 Å². The quantitative estimate of drug-likeness (QED) is 0.582. The number of aromatic nitrogens is 3. The van der Waals surface area contributed by atoms with Gasteiger partial charge in [0.25, 0.3) is 5.91 Å². The zero-order valence-electron chi connectivity index (χ0n) is 11.2. The summed E-state index contributed by atoms with van der Waals surface area (Å²) in [6.45, 7) is 0.175. The van der Waals surface area contributed by atoms with E-state index >= 15 is 0 Å². The van der Waals surface area contributed by atoms with E-state index in [0.717, 1.165) is 16.6 Å². The summed E-state index contributed by atoms with van der Waals surface area (Å²) >= 11 is 0. The smallest absolute Gasteiger partial charge is 0.260 e. The van der Waals surface area contributed by atoms with Gasteiger partial charge in [0, 0.05) is 12.4 Å². The maximum Gasteiger partial charge on any atom is 0.260 e. The van der Waals surface area contributed by atoms with Gasteiger partial charge in [-0.05, 0) is 29.8 Å². The number of benzene rings is 1. The van der Waals surface area contributed by atoms with Crippen molar-refractivity contribution in [3.63, 3.8) is 0 Å². The third kappa shape index (κ3) is 3.11. The van der Waals surface area contributed by atoms with Gasteiger partial charge >= 0.3 is 0 Å². The summed E-state index contributed by atoms with van der Waals surface area (Å²) in [5, 5.41) is 3.92. The number of nitrogens with one attached hydrogen (secondary N) is 1. The molecular weight excluding hydrogens is 266 g/mol. The molecule has 0 aliphatic rings. The fourth-order valence-corrected chi connectivity index (χ4v) is 1.95. The molecule has 0 aliphatic carbocycles. The topological polar surface area (TPSA) is 72.2 Å². The van der Waals surface area contributed by atoms with Crippen LogP contribution in [0.25, 0.3) is 11.0 Å². The van der Waals surface area contributed by atoms with Gasteiger partial charge in [0.1, 0.15) is 6.54 Å². The molecule has 2 aromatic heterocycles. The average Bonchev–Trinajstić information content (AvgIpc) is 2.92. The minimum atomic E-state index is -0.205. The van der Waals surface area contributed by atoms with Crippen LogP contribution in [0.3, 0.4) is 0 Å². The standard InChI is InChI=1S/C15H13N5O/c21-15(19-18-9-12-5-7-16-8-6-12)10-20-11-17-13-3-1-2-4-14(13)20/h1-9,11H,10H2,(H,19,21)/b18-9+. The number of para-hydroxylation sites is 2. The van der Waals surface area contributed by atoms with Gasteiger partial charge in [-0.15, -0.1) is 0 Å². The summed E-state index contributed by atoms with van der Waals surface area (Å²) in [5.74, 6) is -0.205. The molecule has 104 valence electrons. The molecule has 0 radical (unpaired) electrons. The molecule has 21 heavy (non-hydrogen) atoms. The number of nitrogens with zero attached hydrogens (tertiary/aromatic N) is 4. The van der Waals surface area contributed by atoms with Crippen LogP contribution in [0.1, 0.15) is 5.56 Å². The van der Waals surface area contributed by atoms with Crippen molar-refractivity contribution >= 4 is 23.2 Å². The molecule has 2 heterocycles. The first kappa shape index (κ1) is 13.0. The SMILES string of the molecule is O=C(Cn1cnc2ccccc21)N/N=C/c1ccncc1. The lowest BCUT2D eigenvalue weighted by Gasteiger charge is -2.02. The van der Waals surface area contributed by atoms with E-state index < -0.39 is 0 Å². The molecule has 0 spiro atoms. The van der Waals surface area contributed by atoms with Crippen LogP contribution in [-0.2, 0) is 11.3 Å². The summed E-state index contributed by atoms with van der Waals surface area (Å²) in [4.78, 5) is 20.0. The van der Waals surface area contributed by atoms with Crippen LogP contribution >= 0.6 is 0 Å². The molecule has 1 N–H and O–H groups in total. The van der Waals surface area contributed by atoms with Crippen LogP contribution in [-0.4, -0.2) is 26.7 Å². The van der Waals surface area contributed by atoms with Gasteiger partial charge in [-0.3, -0.25) is 9.78 Å². The molecule has 3 aromatic rings. The number of rotatable bonds is 4. The molecule has 0 saturated carbocycles. The number of hydrogen-bond acceptors (Lipinski definition) is 4. The highest BCUT2D eigenvalue weighted by Crippen LogP contribution is 2.11. The molecule has 0 fully saturated rings. The zero-order chi connectivity index (χ0) is 14.5. The summed E-state index contributed by atoms with van der Waals surface area (Å²) in [7, 11) is 0. The van der Waals surface area contributed by atoms with Gasteiger partial charge in [-0.1, -0.05) is 12.1 Å². The minimum Gasteiger partial charge on any atom is -0.321 e. The minimum absolute atomic E-state index is 0.175.